The highest BCUT2D eigenvalue weighted by Crippen LogP contribution is 2.44. The van der Waals surface area contributed by atoms with Gasteiger partial charge in [-0.05, 0) is 67.1 Å². The summed E-state index contributed by atoms with van der Waals surface area (Å²) in [7, 11) is -3.73. The number of carbonyl (C=O) groups is 4. The van der Waals surface area contributed by atoms with Gasteiger partial charge in [0.15, 0.2) is 23.2 Å². The standard InChI is InChI=1S/C50H56IN7O20S/c1-3-50(68)33-20-35-40-31(24-58(35)46(64)32(33)25-74-49(50)67)30-6-4-5-26-17-29(19-34(53-40)39(26)30)77-79(69,70)78-37-18-27(7-8-36(37)75-48-43(62)41(60)42(61)44(76-48)47(65)66)45(63)56(2)9-11-71-13-15-73-16-14-72-12-10-57-23-28(54-55-57)22-52-38(59)21-51/h7-8,17-20,23,41-44,48,60-62,68H,3-6,9-16,21-22,24-25H2,1-2H3,(H,52,59)(H,65,66)/t41-,42-,43+,44-,48?,50-/m0/s1. The van der Waals surface area contributed by atoms with Crippen LogP contribution in [0.25, 0.3) is 22.3 Å². The Balaban J connectivity index is 0.869. The summed E-state index contributed by atoms with van der Waals surface area (Å²) in [5, 5.41) is 64.0. The van der Waals surface area contributed by atoms with Gasteiger partial charge in [0.1, 0.15) is 36.4 Å². The number of halogens is 1. The van der Waals surface area contributed by atoms with Crippen LogP contribution in [0.5, 0.6) is 17.2 Å². The summed E-state index contributed by atoms with van der Waals surface area (Å²) >= 11 is 1.97. The quantitative estimate of drug-likeness (QED) is 0.0201. The number of nitrogens with one attached hydrogen (secondary N) is 1. The molecule has 0 radical (unpaired) electrons. The number of rotatable bonds is 24. The van der Waals surface area contributed by atoms with Gasteiger partial charge in [-0.15, -0.1) is 13.5 Å². The summed E-state index contributed by atoms with van der Waals surface area (Å²) in [5.41, 5.74) is 1.67. The van der Waals surface area contributed by atoms with Crippen LogP contribution >= 0.6 is 22.6 Å². The maximum atomic E-state index is 14.0. The van der Waals surface area contributed by atoms with Crippen molar-refractivity contribution in [1.29, 1.82) is 0 Å². The number of hydrogen-bond donors (Lipinski definition) is 6. The maximum Gasteiger partial charge on any atom is 0.501 e. The number of carboxylic acid groups (broad SMARTS) is 1. The number of hydrogen-bond acceptors (Lipinski definition) is 22. The fourth-order valence-corrected chi connectivity index (χ4v) is 10.6. The largest absolute Gasteiger partial charge is 0.501 e. The lowest BCUT2D eigenvalue weighted by molar-refractivity contribution is -0.271. The van der Waals surface area contributed by atoms with Gasteiger partial charge in [-0.3, -0.25) is 14.4 Å². The number of amides is 2. The Morgan fingerprint density at radius 2 is 1.67 bits per heavy atom. The number of aliphatic carboxylic acids is 1. The molecule has 1 saturated heterocycles. The number of aliphatic hydroxyl groups excluding tert-OH is 3. The van der Waals surface area contributed by atoms with Crippen molar-refractivity contribution in [2.75, 3.05) is 57.7 Å². The third-order valence-corrected chi connectivity index (χ3v) is 15.2. The second-order valence-electron chi connectivity index (χ2n) is 18.9. The molecule has 29 heteroatoms. The molecule has 1 fully saturated rings. The number of cyclic esters (lactones) is 1. The van der Waals surface area contributed by atoms with Gasteiger partial charge in [-0.25, -0.2) is 19.3 Å². The van der Waals surface area contributed by atoms with Crippen LogP contribution in [0.4, 0.5) is 0 Å². The number of likely N-dealkylation sites (N-methyl/N-ethyl adjacent to an activating group) is 1. The highest BCUT2D eigenvalue weighted by Gasteiger charge is 2.49. The van der Waals surface area contributed by atoms with Crippen molar-refractivity contribution in [3.8, 4) is 28.6 Å². The predicted molar refractivity (Wildman–Crippen MR) is 278 cm³/mol. The monoisotopic (exact) mass is 1230 g/mol. The molecule has 5 aromatic rings. The molecule has 3 aliphatic heterocycles. The van der Waals surface area contributed by atoms with Gasteiger partial charge >= 0.3 is 22.3 Å². The molecule has 0 spiro atoms. The lowest BCUT2D eigenvalue weighted by Crippen LogP contribution is -2.61. The van der Waals surface area contributed by atoms with E-state index in [2.05, 4.69) is 15.6 Å². The molecule has 9 rings (SSSR count). The number of benzene rings is 2. The Kier molecular flexibility index (Phi) is 17.5. The maximum absolute atomic E-state index is 14.0. The zero-order valence-electron chi connectivity index (χ0n) is 42.6. The number of nitrogens with zero attached hydrogens (tertiary/aromatic N) is 6. The fraction of sp³-hybridized carbons (Fsp3) is 0.480. The Morgan fingerprint density at radius 1 is 0.924 bits per heavy atom. The van der Waals surface area contributed by atoms with Crippen LogP contribution in [0.15, 0.2) is 47.4 Å². The molecule has 2 amide bonds. The third kappa shape index (κ3) is 12.2. The van der Waals surface area contributed by atoms with Crippen molar-refractivity contribution in [3.05, 3.63) is 92.0 Å². The number of aromatic nitrogens is 5. The number of fused-ring (bicyclic) bond motifs is 5. The van der Waals surface area contributed by atoms with Crippen LogP contribution in [-0.2, 0) is 93.2 Å². The van der Waals surface area contributed by atoms with Crippen LogP contribution in [0.3, 0.4) is 0 Å². The SMILES string of the molecule is CC[C@@]1(O)C(=O)OCc2c1cc1n(c2=O)Cc2c-1nc1cc(OS(=O)(=O)Oc3cc(C(=O)N(C)CCOCCOCCOCCn4cc(CNC(=O)CI)nn4)ccc3OC3O[C@H](C(=O)O)[C@@H](O)[C@H](O)[C@H]3O)cc3c1c2CCC3. The van der Waals surface area contributed by atoms with Crippen LogP contribution in [0, 0.1) is 0 Å². The van der Waals surface area contributed by atoms with Gasteiger partial charge in [-0.1, -0.05) is 34.7 Å². The van der Waals surface area contributed by atoms with E-state index in [1.807, 2.05) is 22.6 Å². The summed E-state index contributed by atoms with van der Waals surface area (Å²) < 4.78 is 75.5. The fourth-order valence-electron chi connectivity index (χ4n) is 9.66. The summed E-state index contributed by atoms with van der Waals surface area (Å²) in [5.74, 6) is -4.77. The molecule has 0 bridgehead atoms. The van der Waals surface area contributed by atoms with Crippen molar-refractivity contribution < 1.29 is 89.9 Å². The zero-order chi connectivity index (χ0) is 56.3. The first-order valence-corrected chi connectivity index (χ1v) is 27.9. The van der Waals surface area contributed by atoms with E-state index in [0.717, 1.165) is 28.6 Å². The Labute approximate surface area is 463 Å². The molecular weight excluding hydrogens is 1180 g/mol. The topological polar surface area (TPSA) is 358 Å². The van der Waals surface area contributed by atoms with Crippen LogP contribution in [-0.4, -0.2) is 176 Å². The van der Waals surface area contributed by atoms with E-state index in [1.54, 1.807) is 23.9 Å². The summed E-state index contributed by atoms with van der Waals surface area (Å²) in [6, 6.07) is 7.77. The molecular formula is C50H56IN7O20S. The van der Waals surface area contributed by atoms with E-state index < -0.39 is 81.6 Å². The molecule has 6 N–H and O–H groups in total. The number of aliphatic hydroxyl groups is 4. The average Bonchev–Trinajstić information content (AvgIpc) is 3.82. The molecule has 0 saturated carbocycles. The Hall–Kier alpha value is -6.42. The smallest absolute Gasteiger partial charge is 0.479 e. The van der Waals surface area contributed by atoms with E-state index in [0.29, 0.717) is 71.6 Å². The Bertz CT molecular complexity index is 3340. The number of aryl methyl sites for hydroxylation is 2. The normalized spacial score (nSPS) is 21.2. The molecule has 6 atom stereocenters. The number of carbonyl (C=O) groups excluding carboxylic acids is 3. The number of carboxylic acids is 1. The van der Waals surface area contributed by atoms with Crippen molar-refractivity contribution in [2.45, 2.75) is 95.2 Å². The first-order chi connectivity index (χ1) is 37.8. The van der Waals surface area contributed by atoms with Crippen molar-refractivity contribution in [3.63, 3.8) is 0 Å². The van der Waals surface area contributed by atoms with E-state index in [9.17, 15) is 57.9 Å². The van der Waals surface area contributed by atoms with Crippen LogP contribution in [0.1, 0.15) is 63.6 Å². The average molecular weight is 1230 g/mol. The first-order valence-electron chi connectivity index (χ1n) is 25.0. The van der Waals surface area contributed by atoms with Gasteiger partial charge in [0.25, 0.3) is 11.5 Å². The Morgan fingerprint density at radius 3 is 2.41 bits per heavy atom. The van der Waals surface area contributed by atoms with Crippen LogP contribution < -0.4 is 24.0 Å². The van der Waals surface area contributed by atoms with E-state index in [1.165, 1.54) is 34.7 Å². The van der Waals surface area contributed by atoms with Crippen molar-refractivity contribution in [2.24, 2.45) is 0 Å². The molecule has 27 nitrogen and oxygen atoms in total. The third-order valence-electron chi connectivity index (χ3n) is 13.8. The minimum absolute atomic E-state index is 0.0568. The van der Waals surface area contributed by atoms with Crippen molar-refractivity contribution in [1.82, 2.24) is 34.8 Å². The van der Waals surface area contributed by atoms with Crippen LogP contribution in [0.2, 0.25) is 0 Å². The van der Waals surface area contributed by atoms with Gasteiger partial charge in [0, 0.05) is 41.7 Å². The highest BCUT2D eigenvalue weighted by atomic mass is 127. The second-order valence-corrected chi connectivity index (χ2v) is 20.8. The molecule has 3 aromatic heterocycles. The summed E-state index contributed by atoms with van der Waals surface area (Å²) in [6.45, 7) is 3.67. The van der Waals surface area contributed by atoms with Gasteiger partial charge in [0.05, 0.1) is 92.4 Å². The molecule has 1 unspecified atom stereocenters. The summed E-state index contributed by atoms with van der Waals surface area (Å²) in [4.78, 5) is 70.0. The van der Waals surface area contributed by atoms with Gasteiger partial charge in [0.2, 0.25) is 12.2 Å². The van der Waals surface area contributed by atoms with Crippen molar-refractivity contribution >= 4 is 67.6 Å². The molecule has 4 aliphatic rings. The molecule has 1 aliphatic carbocycles. The lowest BCUT2D eigenvalue weighted by Gasteiger charge is -2.38. The number of alkyl halides is 1. The number of ether oxygens (including phenoxy) is 6. The van der Waals surface area contributed by atoms with E-state index in [4.69, 9.17) is 41.8 Å². The van der Waals surface area contributed by atoms with Gasteiger partial charge in [-0.2, -0.15) is 0 Å². The molecule has 2 aromatic carbocycles. The number of esters is 1. The first kappa shape index (κ1) is 57.3. The zero-order valence-corrected chi connectivity index (χ0v) is 45.5. The molecule has 424 valence electrons. The molecule has 79 heavy (non-hydrogen) atoms. The summed E-state index contributed by atoms with van der Waals surface area (Å²) in [6.07, 6.45) is -6.90. The molecule has 6 heterocycles. The number of pyridine rings is 2. The highest BCUT2D eigenvalue weighted by molar-refractivity contribution is 14.1. The second kappa shape index (κ2) is 24.1. The minimum Gasteiger partial charge on any atom is -0.479 e. The van der Waals surface area contributed by atoms with E-state index >= 15 is 0 Å². The van der Waals surface area contributed by atoms with E-state index in [-0.39, 0.29) is 87.4 Å². The van der Waals surface area contributed by atoms with Gasteiger partial charge < -0.3 is 77.1 Å². The minimum atomic E-state index is -5.19. The lowest BCUT2D eigenvalue weighted by atomic mass is 9.85. The predicted octanol–water partition coefficient (Wildman–Crippen LogP) is 0.00660.